The van der Waals surface area contributed by atoms with E-state index in [4.69, 9.17) is 5.11 Å². The van der Waals surface area contributed by atoms with Crippen LogP contribution < -0.4 is 5.32 Å². The summed E-state index contributed by atoms with van der Waals surface area (Å²) in [5.74, 6) is 0.200. The Kier molecular flexibility index (Phi) is 3.59. The Labute approximate surface area is 90.6 Å². The predicted octanol–water partition coefficient (Wildman–Crippen LogP) is 0.112. The molecule has 1 saturated carbocycles. The van der Waals surface area contributed by atoms with Gasteiger partial charge in [-0.15, -0.1) is 0 Å². The monoisotopic (exact) mass is 212 g/mol. The molecule has 4 nitrogen and oxygen atoms in total. The molecule has 0 bridgehead atoms. The van der Waals surface area contributed by atoms with Crippen LogP contribution >= 0.6 is 0 Å². The topological polar surface area (TPSA) is 52.6 Å². The molecule has 0 aromatic heterocycles. The van der Waals surface area contributed by atoms with Gasteiger partial charge in [0.2, 0.25) is 5.91 Å². The molecule has 1 heterocycles. The summed E-state index contributed by atoms with van der Waals surface area (Å²) >= 11 is 0. The van der Waals surface area contributed by atoms with Gasteiger partial charge in [0, 0.05) is 12.6 Å². The molecule has 1 amide bonds. The first-order valence-corrected chi connectivity index (χ1v) is 5.97. The number of aliphatic hydroxyl groups excluding tert-OH is 1. The van der Waals surface area contributed by atoms with Crippen LogP contribution in [0.2, 0.25) is 0 Å². The highest BCUT2D eigenvalue weighted by molar-refractivity contribution is 5.82. The fourth-order valence-corrected chi connectivity index (χ4v) is 2.23. The second-order valence-electron chi connectivity index (χ2n) is 4.49. The van der Waals surface area contributed by atoms with Gasteiger partial charge in [-0.3, -0.25) is 4.79 Å². The minimum absolute atomic E-state index is 0.00546. The minimum atomic E-state index is 0.00546. The number of rotatable bonds is 4. The largest absolute Gasteiger partial charge is 0.395 e. The van der Waals surface area contributed by atoms with Crippen LogP contribution in [-0.4, -0.2) is 47.7 Å². The summed E-state index contributed by atoms with van der Waals surface area (Å²) in [5.41, 5.74) is 0. The standard InChI is InChI=1S/C11H20N2O2/c14-8-7-13(9-4-5-9)11(15)10-3-1-2-6-12-10/h9-10,12,14H,1-8H2/t10-/m0/s1. The maximum absolute atomic E-state index is 12.1. The van der Waals surface area contributed by atoms with Crippen molar-refractivity contribution in [3.8, 4) is 0 Å². The van der Waals surface area contributed by atoms with E-state index in [0.717, 1.165) is 32.2 Å². The zero-order valence-corrected chi connectivity index (χ0v) is 9.11. The van der Waals surface area contributed by atoms with E-state index < -0.39 is 0 Å². The van der Waals surface area contributed by atoms with Crippen LogP contribution in [0.25, 0.3) is 0 Å². The lowest BCUT2D eigenvalue weighted by molar-refractivity contribution is -0.135. The maximum Gasteiger partial charge on any atom is 0.240 e. The van der Waals surface area contributed by atoms with Crippen molar-refractivity contribution in [1.82, 2.24) is 10.2 Å². The molecule has 15 heavy (non-hydrogen) atoms. The smallest absolute Gasteiger partial charge is 0.240 e. The molecule has 1 aliphatic carbocycles. The van der Waals surface area contributed by atoms with E-state index in [1.807, 2.05) is 4.90 Å². The molecule has 2 N–H and O–H groups in total. The average molecular weight is 212 g/mol. The summed E-state index contributed by atoms with van der Waals surface area (Å²) in [5, 5.41) is 12.2. The number of hydrogen-bond donors (Lipinski definition) is 2. The molecule has 0 aromatic rings. The number of hydrogen-bond acceptors (Lipinski definition) is 3. The third kappa shape index (κ3) is 2.69. The number of nitrogens with zero attached hydrogens (tertiary/aromatic N) is 1. The van der Waals surface area contributed by atoms with Crippen LogP contribution in [0.1, 0.15) is 32.1 Å². The lowest BCUT2D eigenvalue weighted by atomic mass is 10.0. The summed E-state index contributed by atoms with van der Waals surface area (Å²) in [7, 11) is 0. The molecule has 2 fully saturated rings. The van der Waals surface area contributed by atoms with E-state index in [0.29, 0.717) is 12.6 Å². The van der Waals surface area contributed by atoms with E-state index in [1.54, 1.807) is 0 Å². The lowest BCUT2D eigenvalue weighted by Crippen LogP contribution is -2.50. The van der Waals surface area contributed by atoms with E-state index in [2.05, 4.69) is 5.32 Å². The van der Waals surface area contributed by atoms with Crippen molar-refractivity contribution in [3.63, 3.8) is 0 Å². The van der Waals surface area contributed by atoms with E-state index in [9.17, 15) is 4.79 Å². The number of nitrogens with one attached hydrogen (secondary N) is 1. The number of carbonyl (C=O) groups is 1. The summed E-state index contributed by atoms with van der Waals surface area (Å²) in [6.07, 6.45) is 5.48. The van der Waals surface area contributed by atoms with Gasteiger partial charge in [-0.2, -0.15) is 0 Å². The van der Waals surface area contributed by atoms with Crippen LogP contribution in [0.3, 0.4) is 0 Å². The van der Waals surface area contributed by atoms with Crippen molar-refractivity contribution in [3.05, 3.63) is 0 Å². The van der Waals surface area contributed by atoms with Crippen molar-refractivity contribution in [1.29, 1.82) is 0 Å². The number of amides is 1. The first-order valence-electron chi connectivity index (χ1n) is 5.97. The van der Waals surface area contributed by atoms with Crippen LogP contribution in [0.15, 0.2) is 0 Å². The van der Waals surface area contributed by atoms with Crippen LogP contribution in [-0.2, 0) is 4.79 Å². The van der Waals surface area contributed by atoms with Crippen LogP contribution in [0.4, 0.5) is 0 Å². The Morgan fingerprint density at radius 2 is 2.13 bits per heavy atom. The van der Waals surface area contributed by atoms with Gasteiger partial charge in [-0.1, -0.05) is 6.42 Å². The first kappa shape index (κ1) is 10.9. The third-order valence-corrected chi connectivity index (χ3v) is 3.22. The fraction of sp³-hybridized carbons (Fsp3) is 0.909. The Morgan fingerprint density at radius 1 is 1.33 bits per heavy atom. The second-order valence-corrected chi connectivity index (χ2v) is 4.49. The molecule has 2 rings (SSSR count). The van der Waals surface area contributed by atoms with E-state index >= 15 is 0 Å². The molecule has 1 aliphatic heterocycles. The molecule has 0 aromatic carbocycles. The van der Waals surface area contributed by atoms with Crippen molar-refractivity contribution < 1.29 is 9.90 Å². The average Bonchev–Trinajstić information content (AvgIpc) is 3.10. The van der Waals surface area contributed by atoms with E-state index in [-0.39, 0.29) is 18.6 Å². The molecule has 1 saturated heterocycles. The first-order chi connectivity index (χ1) is 7.33. The van der Waals surface area contributed by atoms with Gasteiger partial charge in [0.1, 0.15) is 0 Å². The van der Waals surface area contributed by atoms with Gasteiger partial charge in [0.15, 0.2) is 0 Å². The normalized spacial score (nSPS) is 26.3. The highest BCUT2D eigenvalue weighted by Gasteiger charge is 2.35. The van der Waals surface area contributed by atoms with Gasteiger partial charge in [0.05, 0.1) is 12.6 Å². The van der Waals surface area contributed by atoms with Gasteiger partial charge < -0.3 is 15.3 Å². The van der Waals surface area contributed by atoms with Crippen molar-refractivity contribution in [2.24, 2.45) is 0 Å². The highest BCUT2D eigenvalue weighted by Crippen LogP contribution is 2.27. The van der Waals surface area contributed by atoms with Crippen LogP contribution in [0.5, 0.6) is 0 Å². The van der Waals surface area contributed by atoms with E-state index in [1.165, 1.54) is 6.42 Å². The quantitative estimate of drug-likeness (QED) is 0.695. The highest BCUT2D eigenvalue weighted by atomic mass is 16.3. The minimum Gasteiger partial charge on any atom is -0.395 e. The molecular formula is C11H20N2O2. The predicted molar refractivity (Wildman–Crippen MR) is 57.5 cm³/mol. The number of piperidine rings is 1. The summed E-state index contributed by atoms with van der Waals surface area (Å²) < 4.78 is 0. The zero-order valence-electron chi connectivity index (χ0n) is 9.11. The third-order valence-electron chi connectivity index (χ3n) is 3.22. The SMILES string of the molecule is O=C([C@@H]1CCCCN1)N(CCO)C1CC1. The van der Waals surface area contributed by atoms with Crippen LogP contribution in [0, 0.1) is 0 Å². The Morgan fingerprint density at radius 3 is 2.67 bits per heavy atom. The summed E-state index contributed by atoms with van der Waals surface area (Å²) in [6.45, 7) is 1.53. The summed E-state index contributed by atoms with van der Waals surface area (Å²) in [6, 6.07) is 0.416. The van der Waals surface area contributed by atoms with Gasteiger partial charge >= 0.3 is 0 Å². The number of carbonyl (C=O) groups excluding carboxylic acids is 1. The molecular weight excluding hydrogens is 192 g/mol. The molecule has 0 radical (unpaired) electrons. The second kappa shape index (κ2) is 4.94. The molecule has 1 atom stereocenters. The number of aliphatic hydroxyl groups is 1. The lowest BCUT2D eigenvalue weighted by Gasteiger charge is -2.29. The molecule has 4 heteroatoms. The zero-order chi connectivity index (χ0) is 10.7. The molecule has 2 aliphatic rings. The molecule has 0 spiro atoms. The Hall–Kier alpha value is -0.610. The molecule has 0 unspecified atom stereocenters. The van der Waals surface area contributed by atoms with Gasteiger partial charge in [-0.25, -0.2) is 0 Å². The molecule has 86 valence electrons. The van der Waals surface area contributed by atoms with Crippen molar-refractivity contribution >= 4 is 5.91 Å². The van der Waals surface area contributed by atoms with Crippen molar-refractivity contribution in [2.45, 2.75) is 44.2 Å². The van der Waals surface area contributed by atoms with Gasteiger partial charge in [-0.05, 0) is 32.2 Å². The van der Waals surface area contributed by atoms with Crippen molar-refractivity contribution in [2.75, 3.05) is 19.7 Å². The fourth-order valence-electron chi connectivity index (χ4n) is 2.23. The Bertz CT molecular complexity index is 223. The summed E-state index contributed by atoms with van der Waals surface area (Å²) in [4.78, 5) is 14.0. The maximum atomic E-state index is 12.1. The Balaban J connectivity index is 1.90. The van der Waals surface area contributed by atoms with Gasteiger partial charge in [0.25, 0.3) is 0 Å².